The Balaban J connectivity index is 1.65. The van der Waals surface area contributed by atoms with E-state index in [0.717, 1.165) is 36.7 Å². The van der Waals surface area contributed by atoms with Crippen LogP contribution in [0.25, 0.3) is 0 Å². The van der Waals surface area contributed by atoms with Gasteiger partial charge in [-0.2, -0.15) is 0 Å². The van der Waals surface area contributed by atoms with Crippen molar-refractivity contribution >= 4 is 11.6 Å². The lowest BCUT2D eigenvalue weighted by atomic mass is 9.87. The molecule has 21 heavy (non-hydrogen) atoms. The second-order valence-corrected chi connectivity index (χ2v) is 6.94. The Morgan fingerprint density at radius 3 is 2.95 bits per heavy atom. The van der Waals surface area contributed by atoms with Crippen molar-refractivity contribution in [3.05, 3.63) is 23.8 Å². The van der Waals surface area contributed by atoms with E-state index in [2.05, 4.69) is 19.1 Å². The zero-order valence-corrected chi connectivity index (χ0v) is 12.7. The normalized spacial score (nSPS) is 30.7. The summed E-state index contributed by atoms with van der Waals surface area (Å²) in [4.78, 5) is 15.1. The minimum absolute atomic E-state index is 0.259. The molecule has 1 aromatic carbocycles. The van der Waals surface area contributed by atoms with Crippen molar-refractivity contribution in [2.75, 3.05) is 18.1 Å². The van der Waals surface area contributed by atoms with Gasteiger partial charge in [0.05, 0.1) is 12.3 Å². The number of ether oxygens (including phenoxy) is 1. The number of carbonyl (C=O) groups is 1. The number of carbonyl (C=O) groups excluding carboxylic acids is 1. The summed E-state index contributed by atoms with van der Waals surface area (Å²) in [7, 11) is 0. The Hall–Kier alpha value is -1.51. The fraction of sp³-hybridized carbons (Fsp3) is 0.611. The van der Waals surface area contributed by atoms with E-state index >= 15 is 0 Å². The molecule has 1 amide bonds. The number of amides is 1. The molecule has 3 unspecified atom stereocenters. The number of benzene rings is 1. The molecule has 3 aliphatic rings. The Bertz CT molecular complexity index is 568. The first-order valence-corrected chi connectivity index (χ1v) is 8.27. The van der Waals surface area contributed by atoms with Crippen molar-refractivity contribution in [2.45, 2.75) is 39.0 Å². The maximum atomic E-state index is 13.1. The van der Waals surface area contributed by atoms with Gasteiger partial charge in [-0.1, -0.05) is 12.5 Å². The predicted octanol–water partition coefficient (Wildman–Crippen LogP) is 3.55. The number of aryl methyl sites for hydroxylation is 1. The lowest BCUT2D eigenvalue weighted by molar-refractivity contribution is -0.123. The highest BCUT2D eigenvalue weighted by molar-refractivity contribution is 5.97. The average molecular weight is 285 g/mol. The molecule has 0 N–H and O–H groups in total. The number of hydrogen-bond donors (Lipinski definition) is 0. The highest BCUT2D eigenvalue weighted by Crippen LogP contribution is 2.49. The molecule has 4 rings (SSSR count). The Morgan fingerprint density at radius 2 is 2.19 bits per heavy atom. The molecule has 1 heterocycles. The summed E-state index contributed by atoms with van der Waals surface area (Å²) in [6, 6.07) is 6.17. The van der Waals surface area contributed by atoms with Gasteiger partial charge in [-0.15, -0.1) is 0 Å². The summed E-state index contributed by atoms with van der Waals surface area (Å²) in [5, 5.41) is 0. The van der Waals surface area contributed by atoms with Crippen LogP contribution < -0.4 is 9.64 Å². The molecule has 2 aliphatic carbocycles. The van der Waals surface area contributed by atoms with Crippen molar-refractivity contribution in [1.82, 2.24) is 0 Å². The monoisotopic (exact) mass is 285 g/mol. The van der Waals surface area contributed by atoms with Crippen LogP contribution >= 0.6 is 0 Å². The molecule has 2 bridgehead atoms. The van der Waals surface area contributed by atoms with Gasteiger partial charge in [-0.05, 0) is 62.1 Å². The van der Waals surface area contributed by atoms with Crippen LogP contribution in [-0.2, 0) is 4.79 Å². The van der Waals surface area contributed by atoms with Gasteiger partial charge in [-0.25, -0.2) is 0 Å². The number of nitrogens with zero attached hydrogens (tertiary/aromatic N) is 1. The van der Waals surface area contributed by atoms with E-state index in [9.17, 15) is 4.79 Å². The maximum absolute atomic E-state index is 13.1. The second kappa shape index (κ2) is 5.04. The number of rotatable bonds is 1. The van der Waals surface area contributed by atoms with Crippen molar-refractivity contribution in [3.63, 3.8) is 0 Å². The van der Waals surface area contributed by atoms with Crippen LogP contribution in [0.5, 0.6) is 5.75 Å². The summed E-state index contributed by atoms with van der Waals surface area (Å²) < 4.78 is 5.81. The molecule has 3 heteroatoms. The molecule has 112 valence electrons. The topological polar surface area (TPSA) is 29.5 Å². The molecule has 0 aromatic heterocycles. The molecule has 0 spiro atoms. The highest BCUT2D eigenvalue weighted by Gasteiger charge is 2.45. The summed E-state index contributed by atoms with van der Waals surface area (Å²) in [6.07, 6.45) is 5.91. The molecule has 0 radical (unpaired) electrons. The lowest BCUT2D eigenvalue weighted by Crippen LogP contribution is -2.38. The van der Waals surface area contributed by atoms with E-state index < -0.39 is 0 Å². The van der Waals surface area contributed by atoms with Crippen molar-refractivity contribution in [2.24, 2.45) is 17.8 Å². The molecule has 3 nitrogen and oxygen atoms in total. The SMILES string of the molecule is Cc1ccc2c(c1)N(C(=O)C1CC3CCC1C3)CCCO2. The molecule has 1 aromatic rings. The first kappa shape index (κ1) is 13.2. The van der Waals surface area contributed by atoms with E-state index in [1.165, 1.54) is 24.8 Å². The fourth-order valence-corrected chi connectivity index (χ4v) is 4.46. The van der Waals surface area contributed by atoms with Crippen LogP contribution in [0.3, 0.4) is 0 Å². The molecular formula is C18H23NO2. The predicted molar refractivity (Wildman–Crippen MR) is 82.6 cm³/mol. The van der Waals surface area contributed by atoms with Gasteiger partial charge < -0.3 is 9.64 Å². The van der Waals surface area contributed by atoms with E-state index in [4.69, 9.17) is 4.74 Å². The third kappa shape index (κ3) is 2.23. The van der Waals surface area contributed by atoms with Gasteiger partial charge in [0.1, 0.15) is 5.75 Å². The third-order valence-corrected chi connectivity index (χ3v) is 5.51. The summed E-state index contributed by atoms with van der Waals surface area (Å²) in [6.45, 7) is 3.57. The summed E-state index contributed by atoms with van der Waals surface area (Å²) >= 11 is 0. The Morgan fingerprint density at radius 1 is 1.29 bits per heavy atom. The maximum Gasteiger partial charge on any atom is 0.230 e. The lowest BCUT2D eigenvalue weighted by Gasteiger charge is -2.29. The fourth-order valence-electron chi connectivity index (χ4n) is 4.46. The quantitative estimate of drug-likeness (QED) is 0.789. The van der Waals surface area contributed by atoms with Crippen molar-refractivity contribution in [3.8, 4) is 5.75 Å². The second-order valence-electron chi connectivity index (χ2n) is 6.94. The first-order chi connectivity index (χ1) is 10.2. The van der Waals surface area contributed by atoms with Crippen LogP contribution in [0.4, 0.5) is 5.69 Å². The van der Waals surface area contributed by atoms with Gasteiger partial charge in [-0.3, -0.25) is 4.79 Å². The van der Waals surface area contributed by atoms with Gasteiger partial charge >= 0.3 is 0 Å². The third-order valence-electron chi connectivity index (χ3n) is 5.51. The van der Waals surface area contributed by atoms with Gasteiger partial charge in [0.25, 0.3) is 0 Å². The molecule has 1 aliphatic heterocycles. The average Bonchev–Trinajstić information content (AvgIpc) is 3.05. The standard InChI is InChI=1S/C18H23NO2/c1-12-3-6-17-16(9-12)19(7-2-8-21-17)18(20)15-11-13-4-5-14(15)10-13/h3,6,9,13-15H,2,4-5,7-8,10-11H2,1H3. The minimum Gasteiger partial charge on any atom is -0.491 e. The Labute approximate surface area is 126 Å². The van der Waals surface area contributed by atoms with Crippen LogP contribution in [0.1, 0.15) is 37.7 Å². The van der Waals surface area contributed by atoms with Gasteiger partial charge in [0.2, 0.25) is 5.91 Å². The minimum atomic E-state index is 0.259. The van der Waals surface area contributed by atoms with E-state index in [0.29, 0.717) is 18.4 Å². The zero-order valence-electron chi connectivity index (χ0n) is 12.7. The summed E-state index contributed by atoms with van der Waals surface area (Å²) in [5.74, 6) is 2.92. The molecule has 0 saturated heterocycles. The molecule has 2 fully saturated rings. The van der Waals surface area contributed by atoms with Crippen molar-refractivity contribution in [1.29, 1.82) is 0 Å². The first-order valence-electron chi connectivity index (χ1n) is 8.27. The van der Waals surface area contributed by atoms with Gasteiger partial charge in [0.15, 0.2) is 0 Å². The molecular weight excluding hydrogens is 262 g/mol. The highest BCUT2D eigenvalue weighted by atomic mass is 16.5. The largest absolute Gasteiger partial charge is 0.491 e. The smallest absolute Gasteiger partial charge is 0.230 e. The van der Waals surface area contributed by atoms with Crippen LogP contribution in [0, 0.1) is 24.7 Å². The van der Waals surface area contributed by atoms with Crippen LogP contribution in [-0.4, -0.2) is 19.1 Å². The molecule has 2 saturated carbocycles. The Kier molecular flexibility index (Phi) is 3.16. The zero-order chi connectivity index (χ0) is 14.4. The number of hydrogen-bond acceptors (Lipinski definition) is 2. The summed E-state index contributed by atoms with van der Waals surface area (Å²) in [5.41, 5.74) is 2.17. The van der Waals surface area contributed by atoms with Crippen LogP contribution in [0.2, 0.25) is 0 Å². The van der Waals surface area contributed by atoms with Gasteiger partial charge in [0, 0.05) is 12.5 Å². The number of anilines is 1. The van der Waals surface area contributed by atoms with Crippen molar-refractivity contribution < 1.29 is 9.53 Å². The van der Waals surface area contributed by atoms with E-state index in [1.807, 2.05) is 11.0 Å². The van der Waals surface area contributed by atoms with E-state index in [-0.39, 0.29) is 5.92 Å². The molecule has 3 atom stereocenters. The van der Waals surface area contributed by atoms with E-state index in [1.54, 1.807) is 0 Å². The van der Waals surface area contributed by atoms with Crippen LogP contribution in [0.15, 0.2) is 18.2 Å². The number of fused-ring (bicyclic) bond motifs is 3.